The normalized spacial score (nSPS) is 6.78. The maximum Gasteiger partial charge on any atom is 0.0129 e. The number of hydrogen-bond donors (Lipinski definition) is 0. The van der Waals surface area contributed by atoms with E-state index in [4.69, 9.17) is 0 Å². The van der Waals surface area contributed by atoms with Gasteiger partial charge in [-0.3, -0.25) is 0 Å². The third-order valence-electron chi connectivity index (χ3n) is 0.860. The minimum Gasteiger partial charge on any atom is -0.133 e. The Morgan fingerprint density at radius 1 is 1.44 bits per heavy atom. The van der Waals surface area contributed by atoms with Gasteiger partial charge in [0, 0.05) is 12.8 Å². The molecule has 0 heteroatoms. The quantitative estimate of drug-likeness (QED) is 0.298. The maximum absolute atomic E-state index is 3.45. The lowest BCUT2D eigenvalue weighted by Crippen LogP contribution is -1.62. The standard InChI is InChI=1S/C9H12/c1-3-5-7-9-8-6-4-2/h5H,1,4,7,9H2,2H3. The van der Waals surface area contributed by atoms with Crippen molar-refractivity contribution in [1.29, 1.82) is 0 Å². The van der Waals surface area contributed by atoms with Gasteiger partial charge in [0.15, 0.2) is 0 Å². The molecule has 0 N–H and O–H groups in total. The summed E-state index contributed by atoms with van der Waals surface area (Å²) in [5, 5.41) is 0. The highest BCUT2D eigenvalue weighted by Gasteiger charge is 1.70. The molecule has 0 aliphatic rings. The largest absolute Gasteiger partial charge is 0.133 e. The van der Waals surface area contributed by atoms with E-state index in [9.17, 15) is 0 Å². The summed E-state index contributed by atoms with van der Waals surface area (Å²) < 4.78 is 0. The zero-order chi connectivity index (χ0) is 6.95. The van der Waals surface area contributed by atoms with Crippen molar-refractivity contribution in [2.45, 2.75) is 26.2 Å². The van der Waals surface area contributed by atoms with Gasteiger partial charge in [0.05, 0.1) is 0 Å². The lowest BCUT2D eigenvalue weighted by atomic mass is 10.3. The van der Waals surface area contributed by atoms with Crippen molar-refractivity contribution < 1.29 is 0 Å². The van der Waals surface area contributed by atoms with Gasteiger partial charge in [-0.25, -0.2) is 0 Å². The molecule has 0 aromatic heterocycles. The molecule has 0 fully saturated rings. The molecule has 0 nitrogen and oxygen atoms in total. The topological polar surface area (TPSA) is 0 Å². The molecule has 0 aromatic rings. The number of hydrogen-bond acceptors (Lipinski definition) is 0. The van der Waals surface area contributed by atoms with Crippen LogP contribution in [0.5, 0.6) is 0 Å². The first-order valence-corrected chi connectivity index (χ1v) is 3.21. The van der Waals surface area contributed by atoms with E-state index in [1.165, 1.54) is 0 Å². The Hall–Kier alpha value is -0.920. The Morgan fingerprint density at radius 3 is 2.78 bits per heavy atom. The van der Waals surface area contributed by atoms with Crippen LogP contribution in [0.15, 0.2) is 18.4 Å². The van der Waals surface area contributed by atoms with Crippen LogP contribution in [0, 0.1) is 11.8 Å². The summed E-state index contributed by atoms with van der Waals surface area (Å²) in [6.45, 7) is 5.50. The van der Waals surface area contributed by atoms with E-state index in [2.05, 4.69) is 31.1 Å². The van der Waals surface area contributed by atoms with Gasteiger partial charge in [0.1, 0.15) is 0 Å². The third kappa shape index (κ3) is 7.08. The van der Waals surface area contributed by atoms with Gasteiger partial charge in [-0.15, -0.1) is 17.6 Å². The second-order valence-electron chi connectivity index (χ2n) is 1.65. The van der Waals surface area contributed by atoms with Gasteiger partial charge in [-0.2, -0.15) is 0 Å². The summed E-state index contributed by atoms with van der Waals surface area (Å²) in [5.74, 6) is 6.01. The highest BCUT2D eigenvalue weighted by atomic mass is 13.7. The van der Waals surface area contributed by atoms with Gasteiger partial charge < -0.3 is 0 Å². The Balaban J connectivity index is 3.18. The summed E-state index contributed by atoms with van der Waals surface area (Å²) in [6.07, 6.45) is 4.79. The molecular weight excluding hydrogens is 108 g/mol. The highest BCUT2D eigenvalue weighted by molar-refractivity contribution is 4.99. The molecule has 0 atom stereocenters. The van der Waals surface area contributed by atoms with Crippen molar-refractivity contribution in [3.63, 3.8) is 0 Å². The fraction of sp³-hybridized carbons (Fsp3) is 0.444. The molecule has 9 heavy (non-hydrogen) atoms. The van der Waals surface area contributed by atoms with Crippen LogP contribution in [-0.4, -0.2) is 0 Å². The van der Waals surface area contributed by atoms with Crippen molar-refractivity contribution in [3.8, 4) is 11.8 Å². The Kier molecular flexibility index (Phi) is 6.36. The SMILES string of the molecule is C=C=CCCC#CCC. The minimum atomic E-state index is 0.941. The molecule has 0 spiro atoms. The Bertz CT molecular complexity index is 149. The molecule has 0 heterocycles. The molecule has 0 bridgehead atoms. The van der Waals surface area contributed by atoms with Crippen LogP contribution in [0.2, 0.25) is 0 Å². The summed E-state index contributed by atoms with van der Waals surface area (Å²) in [7, 11) is 0. The van der Waals surface area contributed by atoms with Gasteiger partial charge in [0.25, 0.3) is 0 Å². The summed E-state index contributed by atoms with van der Waals surface area (Å²) in [5.41, 5.74) is 2.70. The second kappa shape index (κ2) is 7.08. The number of allylic oxidation sites excluding steroid dienone is 1. The molecule has 48 valence electrons. The van der Waals surface area contributed by atoms with Gasteiger partial charge in [0.2, 0.25) is 0 Å². The van der Waals surface area contributed by atoms with Crippen molar-refractivity contribution in [2.24, 2.45) is 0 Å². The van der Waals surface area contributed by atoms with E-state index in [0.29, 0.717) is 0 Å². The van der Waals surface area contributed by atoms with Gasteiger partial charge >= 0.3 is 0 Å². The van der Waals surface area contributed by atoms with Crippen LogP contribution in [0.25, 0.3) is 0 Å². The van der Waals surface area contributed by atoms with Gasteiger partial charge in [-0.1, -0.05) is 13.5 Å². The fourth-order valence-corrected chi connectivity index (χ4v) is 0.460. The lowest BCUT2D eigenvalue weighted by Gasteiger charge is -1.77. The van der Waals surface area contributed by atoms with E-state index in [1.54, 1.807) is 0 Å². The predicted molar refractivity (Wildman–Crippen MR) is 41.0 cm³/mol. The Labute approximate surface area is 57.3 Å². The van der Waals surface area contributed by atoms with E-state index in [0.717, 1.165) is 19.3 Å². The van der Waals surface area contributed by atoms with Crippen LogP contribution in [0.4, 0.5) is 0 Å². The van der Waals surface area contributed by atoms with Crippen LogP contribution in [-0.2, 0) is 0 Å². The van der Waals surface area contributed by atoms with E-state index in [-0.39, 0.29) is 0 Å². The first-order chi connectivity index (χ1) is 4.41. The van der Waals surface area contributed by atoms with E-state index < -0.39 is 0 Å². The smallest absolute Gasteiger partial charge is 0.0129 e. The molecule has 0 rings (SSSR count). The monoisotopic (exact) mass is 120 g/mol. The molecule has 0 saturated heterocycles. The molecule has 0 aliphatic heterocycles. The molecule has 0 saturated carbocycles. The second-order valence-corrected chi connectivity index (χ2v) is 1.65. The molecule has 0 amide bonds. The number of rotatable bonds is 2. The van der Waals surface area contributed by atoms with Crippen molar-refractivity contribution in [1.82, 2.24) is 0 Å². The van der Waals surface area contributed by atoms with Crippen molar-refractivity contribution >= 4 is 0 Å². The first kappa shape index (κ1) is 8.08. The van der Waals surface area contributed by atoms with Gasteiger partial charge in [-0.05, 0) is 12.5 Å². The maximum atomic E-state index is 3.45. The van der Waals surface area contributed by atoms with Crippen molar-refractivity contribution in [3.05, 3.63) is 18.4 Å². The van der Waals surface area contributed by atoms with E-state index >= 15 is 0 Å². The molecular formula is C9H12. The van der Waals surface area contributed by atoms with Crippen LogP contribution < -0.4 is 0 Å². The van der Waals surface area contributed by atoms with Crippen LogP contribution in [0.1, 0.15) is 26.2 Å². The summed E-state index contributed by atoms with van der Waals surface area (Å²) >= 11 is 0. The van der Waals surface area contributed by atoms with Crippen LogP contribution >= 0.6 is 0 Å². The highest BCUT2D eigenvalue weighted by Crippen LogP contribution is 1.86. The molecule has 0 aliphatic carbocycles. The molecule has 0 radical (unpaired) electrons. The lowest BCUT2D eigenvalue weighted by molar-refractivity contribution is 1.08. The summed E-state index contributed by atoms with van der Waals surface area (Å²) in [6, 6.07) is 0. The molecule has 0 unspecified atom stereocenters. The van der Waals surface area contributed by atoms with E-state index in [1.807, 2.05) is 6.08 Å². The number of unbranched alkanes of at least 4 members (excludes halogenated alkanes) is 1. The van der Waals surface area contributed by atoms with Crippen LogP contribution in [0.3, 0.4) is 0 Å². The summed E-state index contributed by atoms with van der Waals surface area (Å²) in [4.78, 5) is 0. The van der Waals surface area contributed by atoms with Crippen molar-refractivity contribution in [2.75, 3.05) is 0 Å². The minimum absolute atomic E-state index is 0.941. The average Bonchev–Trinajstić information content (AvgIpc) is 1.89. The third-order valence-corrected chi connectivity index (χ3v) is 0.860. The molecule has 0 aromatic carbocycles. The first-order valence-electron chi connectivity index (χ1n) is 3.21. The average molecular weight is 120 g/mol. The fourth-order valence-electron chi connectivity index (χ4n) is 0.460. The zero-order valence-electron chi connectivity index (χ0n) is 5.91. The zero-order valence-corrected chi connectivity index (χ0v) is 5.91. The Morgan fingerprint density at radius 2 is 2.22 bits per heavy atom. The predicted octanol–water partition coefficient (Wildman–Crippen LogP) is 2.52.